The van der Waals surface area contributed by atoms with Crippen LogP contribution in [0.1, 0.15) is 23.2 Å². The number of ketones is 1. The van der Waals surface area contributed by atoms with Gasteiger partial charge in [0.05, 0.1) is 5.38 Å². The maximum atomic E-state index is 11.7. The zero-order chi connectivity index (χ0) is 12.1. The lowest BCUT2D eigenvalue weighted by atomic mass is 10.1. The summed E-state index contributed by atoms with van der Waals surface area (Å²) in [5, 5.41) is 8.19. The van der Waals surface area contributed by atoms with Gasteiger partial charge in [0.2, 0.25) is 0 Å². The summed E-state index contributed by atoms with van der Waals surface area (Å²) in [5.74, 6) is -1.24. The summed E-state index contributed by atoms with van der Waals surface area (Å²) in [6.45, 7) is 0. The molecule has 0 spiro atoms. The molecule has 0 fully saturated rings. The number of alkyl halides is 1. The largest absolute Gasteiger partial charge is 0.481 e. The van der Waals surface area contributed by atoms with Gasteiger partial charge in [-0.2, -0.15) is 0 Å². The maximum Gasteiger partial charge on any atom is 0.303 e. The number of halogens is 2. The normalized spacial score (nSPS) is 12.1. The third-order valence-electron chi connectivity index (χ3n) is 2.02. The Balaban J connectivity index is 2.63. The first kappa shape index (κ1) is 13.0. The molecule has 0 saturated heterocycles. The highest BCUT2D eigenvalue weighted by Crippen LogP contribution is 2.16. The highest BCUT2D eigenvalue weighted by atomic mass is 35.5. The number of benzene rings is 1. The lowest BCUT2D eigenvalue weighted by Gasteiger charge is -2.06. The molecule has 0 radical (unpaired) electrons. The van der Waals surface area contributed by atoms with Crippen LogP contribution in [0.15, 0.2) is 24.3 Å². The fourth-order valence-corrected chi connectivity index (χ4v) is 1.54. The van der Waals surface area contributed by atoms with E-state index in [9.17, 15) is 9.59 Å². The third kappa shape index (κ3) is 3.83. The van der Waals surface area contributed by atoms with Crippen molar-refractivity contribution < 1.29 is 14.7 Å². The molecule has 5 heteroatoms. The molecule has 1 unspecified atom stereocenters. The van der Waals surface area contributed by atoms with E-state index in [-0.39, 0.29) is 18.6 Å². The predicted octanol–water partition coefficient (Wildman–Crippen LogP) is 2.99. The minimum Gasteiger partial charge on any atom is -0.481 e. The number of carboxylic acid groups (broad SMARTS) is 1. The third-order valence-corrected chi connectivity index (χ3v) is 2.69. The van der Waals surface area contributed by atoms with Gasteiger partial charge < -0.3 is 5.11 Å². The van der Waals surface area contributed by atoms with E-state index in [1.54, 1.807) is 24.3 Å². The molecule has 0 saturated carbocycles. The van der Waals surface area contributed by atoms with Crippen LogP contribution >= 0.6 is 23.2 Å². The second-order valence-electron chi connectivity index (χ2n) is 3.27. The van der Waals surface area contributed by atoms with Crippen LogP contribution in [0.3, 0.4) is 0 Å². The van der Waals surface area contributed by atoms with Crippen molar-refractivity contribution >= 4 is 35.0 Å². The number of Topliss-reactive ketones (excluding diaryl/α,β-unsaturated/α-hetero) is 1. The lowest BCUT2D eigenvalue weighted by Crippen LogP contribution is -2.16. The molecule has 0 bridgehead atoms. The highest BCUT2D eigenvalue weighted by molar-refractivity contribution is 6.34. The Morgan fingerprint density at radius 1 is 1.25 bits per heavy atom. The first-order valence-electron chi connectivity index (χ1n) is 4.66. The summed E-state index contributed by atoms with van der Waals surface area (Å²) in [6.07, 6.45) is 0.00580. The van der Waals surface area contributed by atoms with Crippen LogP contribution in [-0.4, -0.2) is 22.2 Å². The Bertz CT molecular complexity index is 387. The fraction of sp³-hybridized carbons (Fsp3) is 0.273. The van der Waals surface area contributed by atoms with E-state index >= 15 is 0 Å². The standard InChI is InChI=1S/C11H10Cl2O3/c12-8-3-1-7(2-4-8)11(16)9(13)5-6-10(14)15/h1-4,9H,5-6H2,(H,14,15). The Morgan fingerprint density at radius 3 is 2.31 bits per heavy atom. The summed E-state index contributed by atoms with van der Waals surface area (Å²) in [6, 6.07) is 6.33. The molecule has 1 atom stereocenters. The number of rotatable bonds is 5. The van der Waals surface area contributed by atoms with Crippen molar-refractivity contribution in [3.63, 3.8) is 0 Å². The number of carbonyl (C=O) groups is 2. The quantitative estimate of drug-likeness (QED) is 0.654. The molecule has 1 aromatic carbocycles. The second kappa shape index (κ2) is 5.87. The number of hydrogen-bond donors (Lipinski definition) is 1. The van der Waals surface area contributed by atoms with Gasteiger partial charge in [0, 0.05) is 17.0 Å². The Kier molecular flexibility index (Phi) is 4.77. The van der Waals surface area contributed by atoms with Crippen LogP contribution in [0.4, 0.5) is 0 Å². The molecule has 86 valence electrons. The van der Waals surface area contributed by atoms with Gasteiger partial charge in [0.1, 0.15) is 0 Å². The van der Waals surface area contributed by atoms with Crippen molar-refractivity contribution in [3.8, 4) is 0 Å². The van der Waals surface area contributed by atoms with Gasteiger partial charge in [-0.25, -0.2) is 0 Å². The molecule has 1 aromatic rings. The van der Waals surface area contributed by atoms with Gasteiger partial charge in [-0.1, -0.05) is 11.6 Å². The van der Waals surface area contributed by atoms with Gasteiger partial charge in [-0.15, -0.1) is 11.6 Å². The molecule has 0 amide bonds. The van der Waals surface area contributed by atoms with E-state index in [0.717, 1.165) is 0 Å². The number of hydrogen-bond acceptors (Lipinski definition) is 2. The van der Waals surface area contributed by atoms with Crippen molar-refractivity contribution in [2.45, 2.75) is 18.2 Å². The number of carboxylic acids is 1. The van der Waals surface area contributed by atoms with Crippen molar-refractivity contribution in [2.75, 3.05) is 0 Å². The minimum atomic E-state index is -0.963. The summed E-state index contributed by atoms with van der Waals surface area (Å²) >= 11 is 11.5. The zero-order valence-corrected chi connectivity index (χ0v) is 9.83. The van der Waals surface area contributed by atoms with Gasteiger partial charge in [0.15, 0.2) is 5.78 Å². The van der Waals surface area contributed by atoms with E-state index in [0.29, 0.717) is 10.6 Å². The number of aliphatic carboxylic acids is 1. The van der Waals surface area contributed by atoms with Crippen molar-refractivity contribution in [1.29, 1.82) is 0 Å². The predicted molar refractivity (Wildman–Crippen MR) is 62.3 cm³/mol. The van der Waals surface area contributed by atoms with Crippen LogP contribution < -0.4 is 0 Å². The van der Waals surface area contributed by atoms with Gasteiger partial charge in [-0.05, 0) is 30.7 Å². The molecule has 1 rings (SSSR count). The van der Waals surface area contributed by atoms with Crippen LogP contribution in [0, 0.1) is 0 Å². The van der Waals surface area contributed by atoms with E-state index in [4.69, 9.17) is 28.3 Å². The average molecular weight is 261 g/mol. The molecule has 1 N–H and O–H groups in total. The summed E-state index contributed by atoms with van der Waals surface area (Å²) < 4.78 is 0. The van der Waals surface area contributed by atoms with Crippen molar-refractivity contribution in [3.05, 3.63) is 34.9 Å². The van der Waals surface area contributed by atoms with Crippen LogP contribution in [0.2, 0.25) is 5.02 Å². The van der Waals surface area contributed by atoms with Gasteiger partial charge in [-0.3, -0.25) is 9.59 Å². The van der Waals surface area contributed by atoms with Crippen LogP contribution in [-0.2, 0) is 4.79 Å². The molecular weight excluding hydrogens is 251 g/mol. The molecule has 0 aliphatic rings. The Labute approximate surface area is 103 Å². The Morgan fingerprint density at radius 2 is 1.81 bits per heavy atom. The molecule has 0 aliphatic heterocycles. The molecular formula is C11H10Cl2O3. The van der Waals surface area contributed by atoms with Crippen molar-refractivity contribution in [2.24, 2.45) is 0 Å². The maximum absolute atomic E-state index is 11.7. The smallest absolute Gasteiger partial charge is 0.303 e. The monoisotopic (exact) mass is 260 g/mol. The molecule has 0 aromatic heterocycles. The zero-order valence-electron chi connectivity index (χ0n) is 8.32. The van der Waals surface area contributed by atoms with Crippen LogP contribution in [0.25, 0.3) is 0 Å². The SMILES string of the molecule is O=C(O)CCC(Cl)C(=O)c1ccc(Cl)cc1. The summed E-state index contributed by atoms with van der Waals surface area (Å²) in [7, 11) is 0. The van der Waals surface area contributed by atoms with E-state index in [1.165, 1.54) is 0 Å². The highest BCUT2D eigenvalue weighted by Gasteiger charge is 2.18. The van der Waals surface area contributed by atoms with Crippen LogP contribution in [0.5, 0.6) is 0 Å². The second-order valence-corrected chi connectivity index (χ2v) is 4.23. The molecule has 3 nitrogen and oxygen atoms in total. The van der Waals surface area contributed by atoms with Crippen molar-refractivity contribution in [1.82, 2.24) is 0 Å². The Hall–Kier alpha value is -1.06. The fourth-order valence-electron chi connectivity index (χ4n) is 1.18. The summed E-state index contributed by atoms with van der Waals surface area (Å²) in [5.41, 5.74) is 0.440. The first-order valence-corrected chi connectivity index (χ1v) is 5.48. The van der Waals surface area contributed by atoms with E-state index < -0.39 is 11.3 Å². The molecule has 16 heavy (non-hydrogen) atoms. The van der Waals surface area contributed by atoms with Gasteiger partial charge in [0.25, 0.3) is 0 Å². The molecule has 0 heterocycles. The minimum absolute atomic E-state index is 0.118. The molecule has 0 aliphatic carbocycles. The van der Waals surface area contributed by atoms with E-state index in [1.807, 2.05) is 0 Å². The average Bonchev–Trinajstić information content (AvgIpc) is 2.26. The summed E-state index contributed by atoms with van der Waals surface area (Å²) in [4.78, 5) is 22.0. The first-order chi connectivity index (χ1) is 7.50. The number of carbonyl (C=O) groups excluding carboxylic acids is 1. The lowest BCUT2D eigenvalue weighted by molar-refractivity contribution is -0.137. The topological polar surface area (TPSA) is 54.4 Å². The van der Waals surface area contributed by atoms with Gasteiger partial charge >= 0.3 is 5.97 Å². The van der Waals surface area contributed by atoms with E-state index in [2.05, 4.69) is 0 Å².